The van der Waals surface area contributed by atoms with Crippen LogP contribution in [0.1, 0.15) is 25.7 Å². The Morgan fingerprint density at radius 3 is 2.58 bits per heavy atom. The number of nitro groups is 1. The molecule has 0 atom stereocenters. The molecule has 0 saturated heterocycles. The normalized spacial score (nSPS) is 23.1. The predicted octanol–water partition coefficient (Wildman–Crippen LogP) is 3.13. The van der Waals surface area contributed by atoms with E-state index in [2.05, 4.69) is 22.6 Å². The second-order valence-corrected chi connectivity index (χ2v) is 5.98. The maximum atomic E-state index is 10.7. The summed E-state index contributed by atoms with van der Waals surface area (Å²) in [6.07, 6.45) is 3.96. The number of aliphatic hydroxyl groups excluding tert-OH is 1. The zero-order chi connectivity index (χ0) is 13.8. The molecule has 19 heavy (non-hydrogen) atoms. The molecule has 1 saturated carbocycles. The number of nitro benzene ring substituents is 1. The maximum Gasteiger partial charge on any atom is 0.270 e. The third-order valence-corrected chi connectivity index (χ3v) is 4.31. The molecule has 6 heteroatoms. The minimum atomic E-state index is -0.404. The van der Waals surface area contributed by atoms with Crippen molar-refractivity contribution >= 4 is 28.3 Å². The van der Waals surface area contributed by atoms with Crippen molar-refractivity contribution in [3.8, 4) is 5.75 Å². The average Bonchev–Trinajstić information content (AvgIpc) is 2.41. The Morgan fingerprint density at radius 2 is 2.05 bits per heavy atom. The standard InChI is InChI=1S/C13H16INO4/c14-12-7-10(15(17)18)3-6-13(12)19-11-4-1-9(8-16)2-5-11/h3,6-7,9,11,16H,1-2,4-5,8H2. The summed E-state index contributed by atoms with van der Waals surface area (Å²) in [5, 5.41) is 19.7. The molecule has 1 aromatic carbocycles. The Bertz CT molecular complexity index is 458. The Hall–Kier alpha value is -0.890. The van der Waals surface area contributed by atoms with Crippen LogP contribution in [0.15, 0.2) is 18.2 Å². The molecule has 0 heterocycles. The van der Waals surface area contributed by atoms with E-state index in [0.717, 1.165) is 29.3 Å². The third kappa shape index (κ3) is 3.79. The molecule has 0 bridgehead atoms. The number of halogens is 1. The van der Waals surface area contributed by atoms with Gasteiger partial charge in [-0.25, -0.2) is 0 Å². The van der Waals surface area contributed by atoms with Gasteiger partial charge >= 0.3 is 0 Å². The van der Waals surface area contributed by atoms with Gasteiger partial charge in [0.25, 0.3) is 5.69 Å². The maximum absolute atomic E-state index is 10.7. The van der Waals surface area contributed by atoms with E-state index in [1.807, 2.05) is 0 Å². The highest BCUT2D eigenvalue weighted by Crippen LogP contribution is 2.31. The number of nitrogens with zero attached hydrogens (tertiary/aromatic N) is 1. The second kappa shape index (κ2) is 6.51. The van der Waals surface area contributed by atoms with Crippen LogP contribution >= 0.6 is 22.6 Å². The summed E-state index contributed by atoms with van der Waals surface area (Å²) in [6, 6.07) is 4.66. The minimum Gasteiger partial charge on any atom is -0.489 e. The topological polar surface area (TPSA) is 72.6 Å². The van der Waals surface area contributed by atoms with E-state index in [1.54, 1.807) is 6.07 Å². The van der Waals surface area contributed by atoms with Gasteiger partial charge in [-0.2, -0.15) is 0 Å². The van der Waals surface area contributed by atoms with Gasteiger partial charge in [0.1, 0.15) is 5.75 Å². The fourth-order valence-electron chi connectivity index (χ4n) is 2.31. The van der Waals surface area contributed by atoms with Crippen LogP contribution in [0.25, 0.3) is 0 Å². The summed E-state index contributed by atoms with van der Waals surface area (Å²) in [7, 11) is 0. The van der Waals surface area contributed by atoms with Crippen molar-refractivity contribution in [1.82, 2.24) is 0 Å². The lowest BCUT2D eigenvalue weighted by Gasteiger charge is -2.28. The van der Waals surface area contributed by atoms with Gasteiger partial charge in [0.15, 0.2) is 0 Å². The molecule has 0 spiro atoms. The first-order valence-corrected chi connectivity index (χ1v) is 7.39. The first-order valence-electron chi connectivity index (χ1n) is 6.31. The quantitative estimate of drug-likeness (QED) is 0.497. The molecule has 0 amide bonds. The highest BCUT2D eigenvalue weighted by Gasteiger charge is 2.22. The molecule has 0 aliphatic heterocycles. The van der Waals surface area contributed by atoms with E-state index in [-0.39, 0.29) is 18.4 Å². The highest BCUT2D eigenvalue weighted by atomic mass is 127. The lowest BCUT2D eigenvalue weighted by Crippen LogP contribution is -2.25. The number of hydrogen-bond acceptors (Lipinski definition) is 4. The molecule has 1 fully saturated rings. The number of non-ortho nitro benzene ring substituents is 1. The van der Waals surface area contributed by atoms with E-state index in [0.29, 0.717) is 11.7 Å². The summed E-state index contributed by atoms with van der Waals surface area (Å²) in [6.45, 7) is 0.252. The van der Waals surface area contributed by atoms with Crippen LogP contribution in [0.3, 0.4) is 0 Å². The lowest BCUT2D eigenvalue weighted by atomic mass is 9.88. The van der Waals surface area contributed by atoms with Gasteiger partial charge in [0, 0.05) is 18.7 Å². The van der Waals surface area contributed by atoms with Gasteiger partial charge in [-0.05, 0) is 60.3 Å². The monoisotopic (exact) mass is 377 g/mol. The summed E-state index contributed by atoms with van der Waals surface area (Å²) in [4.78, 5) is 10.3. The van der Waals surface area contributed by atoms with Gasteiger partial charge < -0.3 is 9.84 Å². The molecule has 1 aromatic rings. The summed E-state index contributed by atoms with van der Waals surface area (Å²) >= 11 is 2.06. The molecule has 0 unspecified atom stereocenters. The number of ether oxygens (including phenoxy) is 1. The molecule has 104 valence electrons. The fraction of sp³-hybridized carbons (Fsp3) is 0.538. The molecule has 5 nitrogen and oxygen atoms in total. The molecule has 1 aliphatic rings. The van der Waals surface area contributed by atoms with Crippen LogP contribution in [0.5, 0.6) is 5.75 Å². The Balaban J connectivity index is 1.98. The summed E-state index contributed by atoms with van der Waals surface area (Å²) < 4.78 is 6.66. The smallest absolute Gasteiger partial charge is 0.270 e. The molecule has 1 N–H and O–H groups in total. The first-order chi connectivity index (χ1) is 9.10. The highest BCUT2D eigenvalue weighted by molar-refractivity contribution is 14.1. The van der Waals surface area contributed by atoms with Gasteiger partial charge in [0.05, 0.1) is 14.6 Å². The van der Waals surface area contributed by atoms with Crippen molar-refractivity contribution in [2.45, 2.75) is 31.8 Å². The SMILES string of the molecule is O=[N+]([O-])c1ccc(OC2CCC(CO)CC2)c(I)c1. The lowest BCUT2D eigenvalue weighted by molar-refractivity contribution is -0.385. The van der Waals surface area contributed by atoms with Crippen molar-refractivity contribution in [2.24, 2.45) is 5.92 Å². The molecule has 2 rings (SSSR count). The van der Waals surface area contributed by atoms with Crippen LogP contribution in [0.2, 0.25) is 0 Å². The fourth-order valence-corrected chi connectivity index (χ4v) is 2.94. The van der Waals surface area contributed by atoms with E-state index in [4.69, 9.17) is 9.84 Å². The van der Waals surface area contributed by atoms with Gasteiger partial charge in [-0.1, -0.05) is 0 Å². The van der Waals surface area contributed by atoms with E-state index < -0.39 is 4.92 Å². The van der Waals surface area contributed by atoms with Crippen molar-refractivity contribution in [3.05, 3.63) is 31.9 Å². The van der Waals surface area contributed by atoms with E-state index >= 15 is 0 Å². The predicted molar refractivity (Wildman–Crippen MR) is 79.3 cm³/mol. The Labute approximate surface area is 125 Å². The van der Waals surface area contributed by atoms with Crippen LogP contribution < -0.4 is 4.74 Å². The summed E-state index contributed by atoms with van der Waals surface area (Å²) in [5.41, 5.74) is 0.0840. The van der Waals surface area contributed by atoms with Crippen molar-refractivity contribution in [2.75, 3.05) is 6.61 Å². The van der Waals surface area contributed by atoms with Crippen LogP contribution in [-0.2, 0) is 0 Å². The Kier molecular flexibility index (Phi) is 4.98. The largest absolute Gasteiger partial charge is 0.489 e. The Morgan fingerprint density at radius 1 is 1.37 bits per heavy atom. The first kappa shape index (κ1) is 14.5. The number of aliphatic hydroxyl groups is 1. The molecular formula is C13H16INO4. The van der Waals surface area contributed by atoms with Gasteiger partial charge in [0.2, 0.25) is 0 Å². The number of benzene rings is 1. The molecule has 1 aliphatic carbocycles. The second-order valence-electron chi connectivity index (χ2n) is 4.81. The van der Waals surface area contributed by atoms with Crippen LogP contribution in [0, 0.1) is 19.6 Å². The average molecular weight is 377 g/mol. The summed E-state index contributed by atoms with van der Waals surface area (Å²) in [5.74, 6) is 1.11. The number of rotatable bonds is 4. The zero-order valence-electron chi connectivity index (χ0n) is 10.4. The van der Waals surface area contributed by atoms with Crippen molar-refractivity contribution in [1.29, 1.82) is 0 Å². The molecule has 0 radical (unpaired) electrons. The third-order valence-electron chi connectivity index (χ3n) is 3.47. The zero-order valence-corrected chi connectivity index (χ0v) is 12.6. The van der Waals surface area contributed by atoms with Crippen molar-refractivity contribution < 1.29 is 14.8 Å². The molecular weight excluding hydrogens is 361 g/mol. The molecule has 0 aromatic heterocycles. The van der Waals surface area contributed by atoms with Crippen LogP contribution in [-0.4, -0.2) is 22.7 Å². The van der Waals surface area contributed by atoms with Crippen LogP contribution in [0.4, 0.5) is 5.69 Å². The van der Waals surface area contributed by atoms with E-state index in [9.17, 15) is 10.1 Å². The minimum absolute atomic E-state index is 0.0840. The van der Waals surface area contributed by atoms with Gasteiger partial charge in [-0.3, -0.25) is 10.1 Å². The number of hydrogen-bond donors (Lipinski definition) is 1. The van der Waals surface area contributed by atoms with Gasteiger partial charge in [-0.15, -0.1) is 0 Å². The van der Waals surface area contributed by atoms with Crippen molar-refractivity contribution in [3.63, 3.8) is 0 Å². The van der Waals surface area contributed by atoms with E-state index in [1.165, 1.54) is 12.1 Å².